The number of nitrogens with zero attached hydrogens (tertiary/aromatic N) is 2. The van der Waals surface area contributed by atoms with Crippen molar-refractivity contribution >= 4 is 27.5 Å². The zero-order valence-electron chi connectivity index (χ0n) is 18.6. The third-order valence-electron chi connectivity index (χ3n) is 7.58. The van der Waals surface area contributed by atoms with Gasteiger partial charge in [-0.2, -0.15) is 0 Å². The Morgan fingerprint density at radius 2 is 1.72 bits per heavy atom. The molecule has 0 amide bonds. The molecule has 2 aromatic heterocycles. The summed E-state index contributed by atoms with van der Waals surface area (Å²) in [5.41, 5.74) is 8.41. The Balaban J connectivity index is 1.95. The molecule has 2 heteroatoms. The van der Waals surface area contributed by atoms with E-state index in [1.165, 1.54) is 46.8 Å². The van der Waals surface area contributed by atoms with Gasteiger partial charge in [0.25, 0.3) is 0 Å². The lowest BCUT2D eigenvalue weighted by Crippen LogP contribution is -2.23. The third kappa shape index (κ3) is 2.44. The lowest BCUT2D eigenvalue weighted by atomic mass is 9.75. The van der Waals surface area contributed by atoms with Crippen LogP contribution in [-0.2, 0) is 10.8 Å². The summed E-state index contributed by atoms with van der Waals surface area (Å²) in [6.07, 6.45) is 3.62. The minimum atomic E-state index is 0.203. The molecule has 1 aliphatic carbocycles. The van der Waals surface area contributed by atoms with E-state index in [1.54, 1.807) is 5.56 Å². The van der Waals surface area contributed by atoms with Gasteiger partial charge in [0.05, 0.1) is 11.0 Å². The minimum Gasteiger partial charge on any atom is -0.296 e. The summed E-state index contributed by atoms with van der Waals surface area (Å²) >= 11 is 0. The maximum absolute atomic E-state index is 5.21. The molecule has 0 unspecified atom stereocenters. The van der Waals surface area contributed by atoms with Crippen LogP contribution in [0.15, 0.2) is 42.5 Å². The van der Waals surface area contributed by atoms with Gasteiger partial charge in [0.2, 0.25) is 0 Å². The van der Waals surface area contributed by atoms with E-state index in [2.05, 4.69) is 88.4 Å². The molecule has 0 saturated carbocycles. The van der Waals surface area contributed by atoms with Gasteiger partial charge in [-0.3, -0.25) is 4.40 Å². The zero-order chi connectivity index (χ0) is 20.6. The highest BCUT2D eigenvalue weighted by Gasteiger charge is 2.45. The number of aromatic nitrogens is 2. The molecular formula is C27H32N2. The fraction of sp³-hybridized carbons (Fsp3) is 0.444. The van der Waals surface area contributed by atoms with Gasteiger partial charge in [-0.05, 0) is 70.7 Å². The van der Waals surface area contributed by atoms with Gasteiger partial charge in [-0.1, -0.05) is 65.8 Å². The molecule has 2 nitrogen and oxygen atoms in total. The van der Waals surface area contributed by atoms with Crippen molar-refractivity contribution in [3.8, 4) is 0 Å². The van der Waals surface area contributed by atoms with Crippen LogP contribution in [0.3, 0.4) is 0 Å². The van der Waals surface area contributed by atoms with Gasteiger partial charge in [-0.15, -0.1) is 0 Å². The molecule has 2 aromatic carbocycles. The number of imidazole rings is 1. The standard InChI is InChI=1S/C27H32N2/c1-7-27(8-2)16-26(5,6)20-15-24-22(14-21(20)27)28-25-19-12-10-9-11-18(19)13-23(17(3)4)29(24)25/h9-15,17H,7-8,16H2,1-6H3. The van der Waals surface area contributed by atoms with Gasteiger partial charge in [0.15, 0.2) is 0 Å². The molecule has 0 bridgehead atoms. The monoisotopic (exact) mass is 384 g/mol. The molecule has 0 fully saturated rings. The van der Waals surface area contributed by atoms with E-state index < -0.39 is 0 Å². The second kappa shape index (κ2) is 6.08. The van der Waals surface area contributed by atoms with E-state index in [1.807, 2.05) is 0 Å². The van der Waals surface area contributed by atoms with Gasteiger partial charge in [-0.25, -0.2) is 4.98 Å². The maximum atomic E-state index is 5.21. The van der Waals surface area contributed by atoms with E-state index in [9.17, 15) is 0 Å². The average molecular weight is 385 g/mol. The normalized spacial score (nSPS) is 17.6. The molecule has 0 radical (unpaired) electrons. The Labute approximate surface area is 174 Å². The Hall–Kier alpha value is -2.35. The first-order chi connectivity index (χ1) is 13.8. The van der Waals surface area contributed by atoms with Crippen LogP contribution in [-0.4, -0.2) is 9.38 Å². The molecule has 0 N–H and O–H groups in total. The first-order valence-electron chi connectivity index (χ1n) is 11.2. The number of hydrogen-bond acceptors (Lipinski definition) is 1. The Kier molecular flexibility index (Phi) is 3.91. The smallest absolute Gasteiger partial charge is 0.146 e. The van der Waals surface area contributed by atoms with Crippen molar-refractivity contribution in [2.24, 2.45) is 0 Å². The van der Waals surface area contributed by atoms with E-state index in [0.29, 0.717) is 5.92 Å². The van der Waals surface area contributed by atoms with Crippen LogP contribution in [0.2, 0.25) is 0 Å². The SMILES string of the molecule is CCC1(CC)CC(C)(C)c2cc3c(cc21)nc1c2ccccc2cc(C(C)C)n31. The van der Waals surface area contributed by atoms with Gasteiger partial charge < -0.3 is 0 Å². The summed E-state index contributed by atoms with van der Waals surface area (Å²) in [5.74, 6) is 0.436. The zero-order valence-corrected chi connectivity index (χ0v) is 18.6. The Morgan fingerprint density at radius 1 is 1.00 bits per heavy atom. The Morgan fingerprint density at radius 3 is 2.41 bits per heavy atom. The van der Waals surface area contributed by atoms with Crippen LogP contribution in [0.1, 0.15) is 83.5 Å². The lowest BCUT2D eigenvalue weighted by Gasteiger charge is -2.29. The van der Waals surface area contributed by atoms with Crippen molar-refractivity contribution in [2.75, 3.05) is 0 Å². The number of pyridine rings is 1. The van der Waals surface area contributed by atoms with Crippen molar-refractivity contribution in [2.45, 2.75) is 77.6 Å². The molecule has 0 aliphatic heterocycles. The number of hydrogen-bond donors (Lipinski definition) is 0. The summed E-state index contributed by atoms with van der Waals surface area (Å²) < 4.78 is 2.43. The summed E-state index contributed by atoms with van der Waals surface area (Å²) in [5, 5.41) is 2.52. The van der Waals surface area contributed by atoms with E-state index in [-0.39, 0.29) is 10.8 Å². The molecular weight excluding hydrogens is 352 g/mol. The second-order valence-corrected chi connectivity index (χ2v) is 10.0. The van der Waals surface area contributed by atoms with Crippen molar-refractivity contribution in [1.82, 2.24) is 9.38 Å². The van der Waals surface area contributed by atoms with Crippen molar-refractivity contribution in [3.63, 3.8) is 0 Å². The van der Waals surface area contributed by atoms with E-state index in [0.717, 1.165) is 11.2 Å². The maximum Gasteiger partial charge on any atom is 0.146 e. The second-order valence-electron chi connectivity index (χ2n) is 10.0. The highest BCUT2D eigenvalue weighted by atomic mass is 15.0. The van der Waals surface area contributed by atoms with Crippen molar-refractivity contribution in [1.29, 1.82) is 0 Å². The number of fused-ring (bicyclic) bond motifs is 6. The molecule has 0 atom stereocenters. The molecule has 2 heterocycles. The van der Waals surface area contributed by atoms with Crippen molar-refractivity contribution in [3.05, 3.63) is 59.3 Å². The lowest BCUT2D eigenvalue weighted by molar-refractivity contribution is 0.329. The summed E-state index contributed by atoms with van der Waals surface area (Å²) in [6.45, 7) is 14.1. The largest absolute Gasteiger partial charge is 0.296 e. The first kappa shape index (κ1) is 18.7. The molecule has 150 valence electrons. The molecule has 29 heavy (non-hydrogen) atoms. The van der Waals surface area contributed by atoms with Crippen molar-refractivity contribution < 1.29 is 0 Å². The average Bonchev–Trinajstić information content (AvgIpc) is 3.19. The third-order valence-corrected chi connectivity index (χ3v) is 7.58. The van der Waals surface area contributed by atoms with E-state index in [4.69, 9.17) is 4.98 Å². The Bertz CT molecular complexity index is 1250. The molecule has 1 aliphatic rings. The summed E-state index contributed by atoms with van der Waals surface area (Å²) in [6, 6.07) is 15.9. The van der Waals surface area contributed by atoms with Crippen LogP contribution in [0, 0.1) is 0 Å². The van der Waals surface area contributed by atoms with Gasteiger partial charge >= 0.3 is 0 Å². The minimum absolute atomic E-state index is 0.203. The van der Waals surface area contributed by atoms with E-state index >= 15 is 0 Å². The highest BCUT2D eigenvalue weighted by molar-refractivity contribution is 5.99. The van der Waals surface area contributed by atoms with Crippen LogP contribution >= 0.6 is 0 Å². The fourth-order valence-corrected chi connectivity index (χ4v) is 5.96. The number of benzene rings is 2. The van der Waals surface area contributed by atoms with Crippen LogP contribution in [0.4, 0.5) is 0 Å². The predicted octanol–water partition coefficient (Wildman–Crippen LogP) is 7.50. The molecule has 0 saturated heterocycles. The summed E-state index contributed by atoms with van der Waals surface area (Å²) in [4.78, 5) is 5.21. The fourth-order valence-electron chi connectivity index (χ4n) is 5.96. The molecule has 4 aromatic rings. The van der Waals surface area contributed by atoms with Crippen LogP contribution in [0.25, 0.3) is 27.5 Å². The summed E-state index contributed by atoms with van der Waals surface area (Å²) in [7, 11) is 0. The van der Waals surface area contributed by atoms with Gasteiger partial charge in [0.1, 0.15) is 5.65 Å². The predicted molar refractivity (Wildman–Crippen MR) is 124 cm³/mol. The van der Waals surface area contributed by atoms with Crippen LogP contribution in [0.5, 0.6) is 0 Å². The quantitative estimate of drug-likeness (QED) is 0.357. The molecule has 0 spiro atoms. The topological polar surface area (TPSA) is 17.3 Å². The number of rotatable bonds is 3. The highest BCUT2D eigenvalue weighted by Crippen LogP contribution is 2.54. The van der Waals surface area contributed by atoms with Crippen LogP contribution < -0.4 is 0 Å². The van der Waals surface area contributed by atoms with Gasteiger partial charge in [0, 0.05) is 11.1 Å². The first-order valence-corrected chi connectivity index (χ1v) is 11.2. The molecule has 5 rings (SSSR count).